The van der Waals surface area contributed by atoms with Crippen LogP contribution in [-0.2, 0) is 4.74 Å². The number of ketones is 1. The zero-order valence-corrected chi connectivity index (χ0v) is 22.6. The first-order chi connectivity index (χ1) is 19.6. The predicted octanol–water partition coefficient (Wildman–Crippen LogP) is 6.02. The molecule has 8 nitrogen and oxygen atoms in total. The third-order valence-corrected chi connectivity index (χ3v) is 8.71. The number of rotatable bonds is 5. The number of anilines is 3. The van der Waals surface area contributed by atoms with Gasteiger partial charge in [-0.2, -0.15) is 0 Å². The summed E-state index contributed by atoms with van der Waals surface area (Å²) in [5, 5.41) is 8.76. The Morgan fingerprint density at radius 2 is 1.70 bits per heavy atom. The molecule has 0 amide bonds. The Morgan fingerprint density at radius 3 is 2.42 bits per heavy atom. The van der Waals surface area contributed by atoms with E-state index in [1.807, 2.05) is 42.5 Å². The highest BCUT2D eigenvalue weighted by Crippen LogP contribution is 2.46. The maximum atomic E-state index is 13.9. The first kappa shape index (κ1) is 24.8. The summed E-state index contributed by atoms with van der Waals surface area (Å²) in [6.45, 7) is 3.81. The van der Waals surface area contributed by atoms with Gasteiger partial charge >= 0.3 is 5.97 Å². The molecule has 7 rings (SSSR count). The SMILES string of the molecule is COC(=O)c1ccc(Nc2cc(N3CCN(C4CCCCC4)CC3)c3noc4c3c2C(=O)c2ccccc2-4)cc1. The molecule has 4 aromatic rings. The Bertz CT molecular complexity index is 1600. The fourth-order valence-electron chi connectivity index (χ4n) is 6.62. The maximum Gasteiger partial charge on any atom is 0.337 e. The summed E-state index contributed by atoms with van der Waals surface area (Å²) < 4.78 is 10.8. The Morgan fingerprint density at radius 1 is 0.975 bits per heavy atom. The van der Waals surface area contributed by atoms with Gasteiger partial charge in [-0.05, 0) is 43.2 Å². The molecule has 0 spiro atoms. The van der Waals surface area contributed by atoms with Gasteiger partial charge in [0.1, 0.15) is 5.52 Å². The van der Waals surface area contributed by atoms with Crippen LogP contribution in [0.3, 0.4) is 0 Å². The zero-order chi connectivity index (χ0) is 27.2. The summed E-state index contributed by atoms with van der Waals surface area (Å²) in [7, 11) is 1.37. The summed E-state index contributed by atoms with van der Waals surface area (Å²) in [5.74, 6) is 0.184. The minimum absolute atomic E-state index is 0.0568. The molecule has 0 atom stereocenters. The van der Waals surface area contributed by atoms with Crippen LogP contribution in [0.4, 0.5) is 17.1 Å². The Labute approximate surface area is 232 Å². The van der Waals surface area contributed by atoms with Crippen molar-refractivity contribution in [3.63, 3.8) is 0 Å². The van der Waals surface area contributed by atoms with Crippen LogP contribution in [0.2, 0.25) is 0 Å². The molecule has 3 aliphatic rings. The van der Waals surface area contributed by atoms with Gasteiger partial charge in [0.2, 0.25) is 0 Å². The molecule has 1 saturated heterocycles. The van der Waals surface area contributed by atoms with Gasteiger partial charge in [-0.3, -0.25) is 9.69 Å². The normalized spacial score (nSPS) is 17.6. The van der Waals surface area contributed by atoms with Crippen LogP contribution in [0, 0.1) is 0 Å². The number of fused-ring (bicyclic) bond motifs is 2. The lowest BCUT2D eigenvalue weighted by Gasteiger charge is -2.41. The van der Waals surface area contributed by atoms with E-state index >= 15 is 0 Å². The summed E-state index contributed by atoms with van der Waals surface area (Å²) in [6.07, 6.45) is 6.63. The lowest BCUT2D eigenvalue weighted by molar-refractivity contribution is 0.0600. The highest BCUT2D eigenvalue weighted by molar-refractivity contribution is 6.28. The van der Waals surface area contributed by atoms with Gasteiger partial charge in [-0.15, -0.1) is 0 Å². The van der Waals surface area contributed by atoms with Crippen LogP contribution < -0.4 is 10.2 Å². The number of nitrogens with one attached hydrogen (secondary N) is 1. The molecule has 8 heteroatoms. The van der Waals surface area contributed by atoms with Crippen LogP contribution in [0.5, 0.6) is 0 Å². The number of carbonyl (C=O) groups is 2. The van der Waals surface area contributed by atoms with Gasteiger partial charge in [-0.25, -0.2) is 4.79 Å². The molecule has 1 aromatic heterocycles. The van der Waals surface area contributed by atoms with E-state index in [0.29, 0.717) is 34.2 Å². The molecule has 1 saturated carbocycles. The van der Waals surface area contributed by atoms with E-state index in [-0.39, 0.29) is 5.78 Å². The van der Waals surface area contributed by atoms with Crippen molar-refractivity contribution in [3.8, 4) is 11.3 Å². The first-order valence-electron chi connectivity index (χ1n) is 14.2. The molecule has 1 N–H and O–H groups in total. The number of nitrogens with zero attached hydrogens (tertiary/aromatic N) is 3. The van der Waals surface area contributed by atoms with Crippen LogP contribution in [0.15, 0.2) is 59.1 Å². The molecular formula is C32H32N4O4. The molecule has 40 heavy (non-hydrogen) atoms. The van der Waals surface area contributed by atoms with Gasteiger partial charge < -0.3 is 19.5 Å². The quantitative estimate of drug-likeness (QED) is 0.273. The average molecular weight is 537 g/mol. The minimum Gasteiger partial charge on any atom is -0.465 e. The van der Waals surface area contributed by atoms with E-state index in [1.165, 1.54) is 39.2 Å². The third kappa shape index (κ3) is 4.14. The van der Waals surface area contributed by atoms with Gasteiger partial charge in [0.25, 0.3) is 0 Å². The topological polar surface area (TPSA) is 87.9 Å². The summed E-state index contributed by atoms with van der Waals surface area (Å²) in [6, 6.07) is 17.4. The molecule has 2 fully saturated rings. The van der Waals surface area contributed by atoms with Gasteiger partial charge in [0, 0.05) is 49.0 Å². The highest BCUT2D eigenvalue weighted by Gasteiger charge is 2.34. The van der Waals surface area contributed by atoms with E-state index in [2.05, 4.69) is 20.3 Å². The zero-order valence-electron chi connectivity index (χ0n) is 22.6. The molecule has 3 aromatic carbocycles. The van der Waals surface area contributed by atoms with Crippen molar-refractivity contribution in [2.24, 2.45) is 0 Å². The predicted molar refractivity (Wildman–Crippen MR) is 155 cm³/mol. The summed E-state index contributed by atoms with van der Waals surface area (Å²) >= 11 is 0. The minimum atomic E-state index is -0.390. The lowest BCUT2D eigenvalue weighted by Crippen LogP contribution is -2.51. The smallest absolute Gasteiger partial charge is 0.337 e. The van der Waals surface area contributed by atoms with Crippen LogP contribution in [-0.4, -0.2) is 61.1 Å². The fourth-order valence-corrected chi connectivity index (χ4v) is 6.62. The van der Waals surface area contributed by atoms with Crippen molar-refractivity contribution in [1.29, 1.82) is 0 Å². The fraction of sp³-hybridized carbons (Fsp3) is 0.344. The number of carbonyl (C=O) groups excluding carboxylic acids is 2. The van der Waals surface area contributed by atoms with E-state index in [9.17, 15) is 9.59 Å². The van der Waals surface area contributed by atoms with Crippen molar-refractivity contribution in [2.75, 3.05) is 43.5 Å². The number of hydrogen-bond donors (Lipinski definition) is 1. The molecule has 2 aliphatic carbocycles. The summed E-state index contributed by atoms with van der Waals surface area (Å²) in [4.78, 5) is 30.9. The average Bonchev–Trinajstić information content (AvgIpc) is 3.46. The lowest BCUT2D eigenvalue weighted by atomic mass is 9.86. The van der Waals surface area contributed by atoms with E-state index in [0.717, 1.165) is 54.0 Å². The Kier molecular flexibility index (Phi) is 6.27. The van der Waals surface area contributed by atoms with Crippen molar-refractivity contribution < 1.29 is 18.8 Å². The number of hydrogen-bond acceptors (Lipinski definition) is 8. The van der Waals surface area contributed by atoms with E-state index in [4.69, 9.17) is 9.26 Å². The molecular weight excluding hydrogens is 504 g/mol. The van der Waals surface area contributed by atoms with Crippen LogP contribution in [0.25, 0.3) is 22.2 Å². The Balaban J connectivity index is 1.29. The van der Waals surface area contributed by atoms with Gasteiger partial charge in [-0.1, -0.05) is 48.7 Å². The largest absolute Gasteiger partial charge is 0.465 e. The molecule has 204 valence electrons. The number of piperazine rings is 1. The number of benzene rings is 3. The standard InChI is InChI=1S/C32H32N4O4/c1-39-32(38)20-11-13-21(14-12-20)33-25-19-26(36-17-15-35(16-18-36)22-7-3-2-4-8-22)29-28-27(25)30(37)23-9-5-6-10-24(23)31(28)40-34-29/h5-6,9-14,19,22,33H,2-4,7-8,15-18H2,1H3. The Hall–Kier alpha value is -4.17. The number of aromatic nitrogens is 1. The van der Waals surface area contributed by atoms with Crippen molar-refractivity contribution in [3.05, 3.63) is 71.3 Å². The van der Waals surface area contributed by atoms with Crippen molar-refractivity contribution in [2.45, 2.75) is 38.1 Å². The number of ether oxygens (including phenoxy) is 1. The van der Waals surface area contributed by atoms with Crippen LogP contribution in [0.1, 0.15) is 58.4 Å². The maximum absolute atomic E-state index is 13.9. The van der Waals surface area contributed by atoms with Crippen molar-refractivity contribution in [1.82, 2.24) is 10.1 Å². The second-order valence-electron chi connectivity index (χ2n) is 10.9. The van der Waals surface area contributed by atoms with E-state index < -0.39 is 5.97 Å². The van der Waals surface area contributed by atoms with Gasteiger partial charge in [0.05, 0.1) is 35.0 Å². The third-order valence-electron chi connectivity index (χ3n) is 8.71. The van der Waals surface area contributed by atoms with E-state index in [1.54, 1.807) is 12.1 Å². The number of methoxy groups -OCH3 is 1. The molecule has 0 bridgehead atoms. The highest BCUT2D eigenvalue weighted by atomic mass is 16.5. The second-order valence-corrected chi connectivity index (χ2v) is 10.9. The van der Waals surface area contributed by atoms with Gasteiger partial charge in [0.15, 0.2) is 11.5 Å². The molecule has 0 radical (unpaired) electrons. The van der Waals surface area contributed by atoms with Crippen molar-refractivity contribution >= 4 is 39.7 Å². The first-order valence-corrected chi connectivity index (χ1v) is 14.2. The second kappa shape index (κ2) is 10.1. The number of esters is 1. The molecule has 2 heterocycles. The molecule has 0 unspecified atom stereocenters. The monoisotopic (exact) mass is 536 g/mol. The van der Waals surface area contributed by atoms with Crippen LogP contribution >= 0.6 is 0 Å². The summed E-state index contributed by atoms with van der Waals surface area (Å²) in [5.41, 5.74) is 5.57. The molecule has 1 aliphatic heterocycles.